The Morgan fingerprint density at radius 3 is 2.13 bits per heavy atom. The van der Waals surface area contributed by atoms with E-state index in [1.807, 2.05) is 24.3 Å². The number of carbonyl (C=O) groups excluding carboxylic acids is 1. The fourth-order valence-corrected chi connectivity index (χ4v) is 4.76. The SMILES string of the molecule is COc1ccc(-c2cc(=O)c3cc(C4=NN(C(C)=O)C(c5ccc(OC)c(OC)c5)C4)ccc3o2)cc1OC. The molecule has 0 N–H and O–H groups in total. The summed E-state index contributed by atoms with van der Waals surface area (Å²) in [6.07, 6.45) is 0.468. The molecular formula is C30H28N2O7. The first kappa shape index (κ1) is 25.8. The van der Waals surface area contributed by atoms with E-state index in [1.165, 1.54) is 18.0 Å². The summed E-state index contributed by atoms with van der Waals surface area (Å²) < 4.78 is 27.6. The van der Waals surface area contributed by atoms with Crippen LogP contribution >= 0.6 is 0 Å². The quantitative estimate of drug-likeness (QED) is 0.325. The Kier molecular flexibility index (Phi) is 6.98. The van der Waals surface area contributed by atoms with Crippen molar-refractivity contribution in [3.8, 4) is 34.3 Å². The maximum Gasteiger partial charge on any atom is 0.240 e. The molecule has 1 aliphatic rings. The summed E-state index contributed by atoms with van der Waals surface area (Å²) in [5.41, 5.74) is 3.22. The third-order valence-electron chi connectivity index (χ3n) is 6.75. The van der Waals surface area contributed by atoms with Crippen molar-refractivity contribution >= 4 is 22.6 Å². The molecule has 5 rings (SSSR count). The van der Waals surface area contributed by atoms with E-state index in [9.17, 15) is 9.59 Å². The fourth-order valence-electron chi connectivity index (χ4n) is 4.76. The molecule has 2 heterocycles. The van der Waals surface area contributed by atoms with E-state index >= 15 is 0 Å². The number of rotatable bonds is 7. The average Bonchev–Trinajstić information content (AvgIpc) is 3.42. The molecule has 1 unspecified atom stereocenters. The predicted octanol–water partition coefficient (Wildman–Crippen LogP) is 5.19. The van der Waals surface area contributed by atoms with Crippen LogP contribution in [-0.2, 0) is 4.79 Å². The van der Waals surface area contributed by atoms with Gasteiger partial charge in [0.05, 0.1) is 45.6 Å². The highest BCUT2D eigenvalue weighted by Crippen LogP contribution is 2.38. The number of carbonyl (C=O) groups is 1. The summed E-state index contributed by atoms with van der Waals surface area (Å²) in [6, 6.07) is 17.4. The van der Waals surface area contributed by atoms with E-state index in [1.54, 1.807) is 58.8 Å². The molecule has 0 bridgehead atoms. The van der Waals surface area contributed by atoms with Gasteiger partial charge in [0.2, 0.25) is 5.91 Å². The van der Waals surface area contributed by atoms with Crippen molar-refractivity contribution in [2.45, 2.75) is 19.4 Å². The molecule has 0 radical (unpaired) electrons. The van der Waals surface area contributed by atoms with Crippen LogP contribution in [0.15, 0.2) is 75.0 Å². The van der Waals surface area contributed by atoms with Crippen LogP contribution in [0.25, 0.3) is 22.3 Å². The molecule has 1 atom stereocenters. The van der Waals surface area contributed by atoms with Crippen molar-refractivity contribution in [3.05, 3.63) is 82.0 Å². The molecule has 0 spiro atoms. The predicted molar refractivity (Wildman–Crippen MR) is 147 cm³/mol. The highest BCUT2D eigenvalue weighted by atomic mass is 16.5. The first-order valence-corrected chi connectivity index (χ1v) is 12.3. The van der Waals surface area contributed by atoms with Crippen LogP contribution in [0.1, 0.15) is 30.5 Å². The molecule has 200 valence electrons. The second-order valence-electron chi connectivity index (χ2n) is 9.00. The molecule has 4 aromatic rings. The van der Waals surface area contributed by atoms with Gasteiger partial charge in [0.15, 0.2) is 28.4 Å². The largest absolute Gasteiger partial charge is 0.493 e. The molecule has 0 saturated heterocycles. The summed E-state index contributed by atoms with van der Waals surface area (Å²) in [5.74, 6) is 2.51. The molecule has 9 nitrogen and oxygen atoms in total. The Morgan fingerprint density at radius 2 is 1.46 bits per heavy atom. The Labute approximate surface area is 225 Å². The van der Waals surface area contributed by atoms with Crippen molar-refractivity contribution in [2.75, 3.05) is 28.4 Å². The molecule has 1 amide bonds. The van der Waals surface area contributed by atoms with Crippen molar-refractivity contribution in [1.29, 1.82) is 0 Å². The van der Waals surface area contributed by atoms with E-state index in [4.69, 9.17) is 23.4 Å². The van der Waals surface area contributed by atoms with Crippen LogP contribution in [-0.4, -0.2) is 45.1 Å². The molecule has 1 aliphatic heterocycles. The van der Waals surface area contributed by atoms with Crippen molar-refractivity contribution in [3.63, 3.8) is 0 Å². The third-order valence-corrected chi connectivity index (χ3v) is 6.75. The van der Waals surface area contributed by atoms with Gasteiger partial charge in [0, 0.05) is 25.0 Å². The second kappa shape index (κ2) is 10.5. The van der Waals surface area contributed by atoms with Gasteiger partial charge in [-0.15, -0.1) is 0 Å². The number of benzene rings is 3. The second-order valence-corrected chi connectivity index (χ2v) is 9.00. The van der Waals surface area contributed by atoms with Crippen molar-refractivity contribution in [2.24, 2.45) is 5.10 Å². The first-order valence-electron chi connectivity index (χ1n) is 12.3. The number of amides is 1. The molecular weight excluding hydrogens is 500 g/mol. The molecule has 0 fully saturated rings. The van der Waals surface area contributed by atoms with E-state index in [2.05, 4.69) is 5.10 Å². The van der Waals surface area contributed by atoms with Crippen molar-refractivity contribution in [1.82, 2.24) is 5.01 Å². The van der Waals surface area contributed by atoms with Gasteiger partial charge in [-0.2, -0.15) is 5.10 Å². The van der Waals surface area contributed by atoms with E-state index < -0.39 is 0 Å². The van der Waals surface area contributed by atoms with E-state index in [0.29, 0.717) is 57.4 Å². The highest BCUT2D eigenvalue weighted by molar-refractivity contribution is 6.05. The summed E-state index contributed by atoms with van der Waals surface area (Å²) in [7, 11) is 6.25. The number of hydrogen-bond donors (Lipinski definition) is 0. The molecule has 1 aromatic heterocycles. The number of hydrazone groups is 1. The lowest BCUT2D eigenvalue weighted by Gasteiger charge is -2.21. The average molecular weight is 529 g/mol. The molecule has 39 heavy (non-hydrogen) atoms. The van der Waals surface area contributed by atoms with Gasteiger partial charge in [0.25, 0.3) is 0 Å². The zero-order chi connectivity index (χ0) is 27.7. The Bertz CT molecular complexity index is 1660. The fraction of sp³-hybridized carbons (Fsp3) is 0.233. The number of methoxy groups -OCH3 is 4. The van der Waals surface area contributed by atoms with Gasteiger partial charge in [-0.3, -0.25) is 9.59 Å². The summed E-state index contributed by atoms with van der Waals surface area (Å²) in [6.45, 7) is 1.48. The number of hydrogen-bond acceptors (Lipinski definition) is 8. The summed E-state index contributed by atoms with van der Waals surface area (Å²) in [4.78, 5) is 25.7. The zero-order valence-electron chi connectivity index (χ0n) is 22.3. The summed E-state index contributed by atoms with van der Waals surface area (Å²) >= 11 is 0. The molecule has 0 saturated carbocycles. The van der Waals surface area contributed by atoms with Crippen molar-refractivity contribution < 1.29 is 28.2 Å². The highest BCUT2D eigenvalue weighted by Gasteiger charge is 2.32. The van der Waals surface area contributed by atoms with E-state index in [0.717, 1.165) is 11.1 Å². The topological polar surface area (TPSA) is 99.8 Å². The monoisotopic (exact) mass is 528 g/mol. The number of ether oxygens (including phenoxy) is 4. The van der Waals surface area contributed by atoms with Crippen LogP contribution in [0, 0.1) is 0 Å². The van der Waals surface area contributed by atoms with Gasteiger partial charge in [-0.1, -0.05) is 6.07 Å². The standard InChI is InChI=1S/C30H28N2O7/c1-17(33)32-23(19-7-10-26(35-2)29(13-19)37-4)15-22(31-32)18-6-9-25-21(12-18)24(34)16-28(39-25)20-8-11-27(36-3)30(14-20)38-5/h6-14,16,23H,15H2,1-5H3. The first-order chi connectivity index (χ1) is 18.9. The van der Waals surface area contributed by atoms with Gasteiger partial charge in [-0.25, -0.2) is 5.01 Å². The van der Waals surface area contributed by atoms with Crippen LogP contribution < -0.4 is 24.4 Å². The van der Waals surface area contributed by atoms with Gasteiger partial charge in [-0.05, 0) is 59.7 Å². The molecule has 3 aromatic carbocycles. The Balaban J connectivity index is 1.49. The molecule has 9 heteroatoms. The lowest BCUT2D eigenvalue weighted by atomic mass is 9.97. The number of nitrogens with zero attached hydrogens (tertiary/aromatic N) is 2. The Hall–Kier alpha value is -4.79. The van der Waals surface area contributed by atoms with Gasteiger partial charge >= 0.3 is 0 Å². The zero-order valence-corrected chi connectivity index (χ0v) is 22.3. The van der Waals surface area contributed by atoms with Crippen LogP contribution in [0.5, 0.6) is 23.0 Å². The third kappa shape index (κ3) is 4.79. The normalized spacial score (nSPS) is 14.7. The van der Waals surface area contributed by atoms with Crippen LogP contribution in [0.2, 0.25) is 0 Å². The van der Waals surface area contributed by atoms with Crippen LogP contribution in [0.3, 0.4) is 0 Å². The summed E-state index contributed by atoms with van der Waals surface area (Å²) in [5, 5.41) is 6.50. The Morgan fingerprint density at radius 1 is 0.821 bits per heavy atom. The lowest BCUT2D eigenvalue weighted by Crippen LogP contribution is -2.24. The van der Waals surface area contributed by atoms with Crippen LogP contribution in [0.4, 0.5) is 0 Å². The minimum atomic E-state index is -0.322. The minimum Gasteiger partial charge on any atom is -0.493 e. The molecule has 0 aliphatic carbocycles. The maximum absolute atomic E-state index is 13.2. The number of fused-ring (bicyclic) bond motifs is 1. The maximum atomic E-state index is 13.2. The lowest BCUT2D eigenvalue weighted by molar-refractivity contribution is -0.130. The van der Waals surface area contributed by atoms with Gasteiger partial charge in [0.1, 0.15) is 11.3 Å². The minimum absolute atomic E-state index is 0.190. The van der Waals surface area contributed by atoms with Gasteiger partial charge < -0.3 is 23.4 Å². The van der Waals surface area contributed by atoms with E-state index in [-0.39, 0.29) is 17.4 Å². The smallest absolute Gasteiger partial charge is 0.240 e.